The van der Waals surface area contributed by atoms with Gasteiger partial charge in [0.15, 0.2) is 10.3 Å². The molecular formula is C16H16N4O4S2. The van der Waals surface area contributed by atoms with Gasteiger partial charge in [-0.15, -0.1) is 0 Å². The molecule has 0 fully saturated rings. The summed E-state index contributed by atoms with van der Waals surface area (Å²) in [6.07, 6.45) is 0.212. The summed E-state index contributed by atoms with van der Waals surface area (Å²) in [6, 6.07) is 6.58. The van der Waals surface area contributed by atoms with Crippen LogP contribution in [-0.4, -0.2) is 38.3 Å². The summed E-state index contributed by atoms with van der Waals surface area (Å²) in [6.45, 7) is 2.51. The molecule has 8 nitrogen and oxygen atoms in total. The van der Waals surface area contributed by atoms with E-state index in [1.165, 1.54) is 23.1 Å². The Morgan fingerprint density at radius 2 is 2.23 bits per heavy atom. The summed E-state index contributed by atoms with van der Waals surface area (Å²) in [4.78, 5) is 33.9. The zero-order chi connectivity index (χ0) is 18.5. The van der Waals surface area contributed by atoms with Gasteiger partial charge >= 0.3 is 0 Å². The van der Waals surface area contributed by atoms with Crippen molar-refractivity contribution in [3.8, 4) is 11.6 Å². The number of thiazole rings is 1. The Morgan fingerprint density at radius 1 is 1.38 bits per heavy atom. The van der Waals surface area contributed by atoms with Crippen molar-refractivity contribution in [2.24, 2.45) is 0 Å². The molecular weight excluding hydrogens is 376 g/mol. The van der Waals surface area contributed by atoms with Crippen LogP contribution in [0.1, 0.15) is 13.3 Å². The molecule has 2 heterocycles. The number of nitrogens with zero attached hydrogens (tertiary/aromatic N) is 2. The summed E-state index contributed by atoms with van der Waals surface area (Å²) in [7, 11) is 0. The minimum absolute atomic E-state index is 0.191. The second-order valence-corrected chi connectivity index (χ2v) is 7.25. The van der Waals surface area contributed by atoms with Gasteiger partial charge in [0.2, 0.25) is 11.8 Å². The standard InChI is InChI=1S/C16H16N4O4S2/c1-2-24-9-3-4-10-11(7-9)26-16(17-10)18-12(21)5-6-25-15-19-13(22)8-14(23)20-15/h3-4,7-8H,2,5-6H2,1H3,(H,17,18,21)(H2,19,20,22,23). The van der Waals surface area contributed by atoms with E-state index in [4.69, 9.17) is 4.74 Å². The Morgan fingerprint density at radius 3 is 3.00 bits per heavy atom. The third kappa shape index (κ3) is 4.73. The number of H-pyrrole nitrogens is 1. The number of ether oxygens (including phenoxy) is 1. The maximum absolute atomic E-state index is 12.1. The average Bonchev–Trinajstić information content (AvgIpc) is 2.95. The summed E-state index contributed by atoms with van der Waals surface area (Å²) in [5.41, 5.74) is 0.356. The van der Waals surface area contributed by atoms with Gasteiger partial charge in [-0.1, -0.05) is 23.1 Å². The normalized spacial score (nSPS) is 10.8. The lowest BCUT2D eigenvalue weighted by Gasteiger charge is -2.02. The Labute approximate surface area is 156 Å². The van der Waals surface area contributed by atoms with Crippen molar-refractivity contribution in [1.82, 2.24) is 15.0 Å². The first-order chi connectivity index (χ1) is 12.5. The largest absolute Gasteiger partial charge is 0.494 e. The van der Waals surface area contributed by atoms with E-state index < -0.39 is 5.56 Å². The van der Waals surface area contributed by atoms with Gasteiger partial charge in [-0.3, -0.25) is 9.59 Å². The highest BCUT2D eigenvalue weighted by molar-refractivity contribution is 7.99. The van der Waals surface area contributed by atoms with E-state index in [1.54, 1.807) is 0 Å². The number of fused-ring (bicyclic) bond motifs is 1. The van der Waals surface area contributed by atoms with Crippen molar-refractivity contribution < 1.29 is 14.6 Å². The van der Waals surface area contributed by atoms with Crippen molar-refractivity contribution in [3.63, 3.8) is 0 Å². The van der Waals surface area contributed by atoms with Crippen LogP contribution in [0.5, 0.6) is 11.6 Å². The number of carbonyl (C=O) groups is 1. The van der Waals surface area contributed by atoms with Crippen LogP contribution in [0.2, 0.25) is 0 Å². The summed E-state index contributed by atoms with van der Waals surface area (Å²) < 4.78 is 6.39. The van der Waals surface area contributed by atoms with Gasteiger partial charge in [0.25, 0.3) is 5.56 Å². The van der Waals surface area contributed by atoms with E-state index in [-0.39, 0.29) is 23.4 Å². The lowest BCUT2D eigenvalue weighted by atomic mass is 10.3. The fourth-order valence-electron chi connectivity index (χ4n) is 2.13. The molecule has 26 heavy (non-hydrogen) atoms. The van der Waals surface area contributed by atoms with Crippen LogP contribution in [0.25, 0.3) is 10.2 Å². The van der Waals surface area contributed by atoms with Crippen LogP contribution in [0.4, 0.5) is 5.13 Å². The second kappa shape index (κ2) is 8.19. The van der Waals surface area contributed by atoms with Crippen LogP contribution < -0.4 is 15.6 Å². The number of thioether (sulfide) groups is 1. The highest BCUT2D eigenvalue weighted by Crippen LogP contribution is 2.29. The molecule has 0 aliphatic carbocycles. The van der Waals surface area contributed by atoms with Crippen molar-refractivity contribution in [2.45, 2.75) is 18.5 Å². The van der Waals surface area contributed by atoms with Crippen molar-refractivity contribution in [2.75, 3.05) is 17.7 Å². The van der Waals surface area contributed by atoms with Crippen LogP contribution in [0.3, 0.4) is 0 Å². The Hall–Kier alpha value is -2.59. The molecule has 0 aliphatic heterocycles. The molecule has 3 N–H and O–H groups in total. The van der Waals surface area contributed by atoms with Crippen LogP contribution in [0, 0.1) is 0 Å². The lowest BCUT2D eigenvalue weighted by molar-refractivity contribution is -0.115. The fraction of sp³-hybridized carbons (Fsp3) is 0.250. The molecule has 0 saturated heterocycles. The number of rotatable bonds is 7. The van der Waals surface area contributed by atoms with Gasteiger partial charge in [-0.2, -0.15) is 4.98 Å². The molecule has 1 amide bonds. The number of aromatic amines is 1. The Bertz CT molecular complexity index is 986. The molecule has 0 spiro atoms. The predicted octanol–water partition coefficient (Wildman–Crippen LogP) is 2.60. The number of hydrogen-bond acceptors (Lipinski definition) is 8. The van der Waals surface area contributed by atoms with E-state index in [0.29, 0.717) is 17.5 Å². The first-order valence-electron chi connectivity index (χ1n) is 7.80. The van der Waals surface area contributed by atoms with Crippen molar-refractivity contribution >= 4 is 44.4 Å². The third-order valence-electron chi connectivity index (χ3n) is 3.19. The highest BCUT2D eigenvalue weighted by Gasteiger charge is 2.10. The summed E-state index contributed by atoms with van der Waals surface area (Å²) in [5.74, 6) is 0.633. The zero-order valence-corrected chi connectivity index (χ0v) is 15.4. The predicted molar refractivity (Wildman–Crippen MR) is 101 cm³/mol. The maximum Gasteiger partial charge on any atom is 0.255 e. The van der Waals surface area contributed by atoms with E-state index in [2.05, 4.69) is 20.3 Å². The number of carbonyl (C=O) groups excluding carboxylic acids is 1. The number of amides is 1. The van der Waals surface area contributed by atoms with Crippen LogP contribution >= 0.6 is 23.1 Å². The summed E-state index contributed by atoms with van der Waals surface area (Å²) in [5, 5.41) is 12.8. The van der Waals surface area contributed by atoms with Crippen LogP contribution in [-0.2, 0) is 4.79 Å². The molecule has 0 atom stereocenters. The molecule has 3 rings (SSSR count). The molecule has 0 bridgehead atoms. The zero-order valence-electron chi connectivity index (χ0n) is 13.8. The molecule has 0 aliphatic rings. The molecule has 2 aromatic heterocycles. The number of aromatic hydroxyl groups is 1. The quantitative estimate of drug-likeness (QED) is 0.418. The SMILES string of the molecule is CCOc1ccc2nc(NC(=O)CCSc3nc(O)cc(=O)[nH]3)sc2c1. The number of hydrogen-bond donors (Lipinski definition) is 3. The fourth-order valence-corrected chi connectivity index (χ4v) is 3.85. The number of anilines is 1. The number of benzene rings is 1. The van der Waals surface area contributed by atoms with Crippen LogP contribution in [0.15, 0.2) is 34.2 Å². The van der Waals surface area contributed by atoms with E-state index in [0.717, 1.165) is 22.0 Å². The smallest absolute Gasteiger partial charge is 0.255 e. The van der Waals surface area contributed by atoms with E-state index >= 15 is 0 Å². The molecule has 10 heteroatoms. The maximum atomic E-state index is 12.1. The number of aromatic nitrogens is 3. The second-order valence-electron chi connectivity index (χ2n) is 5.14. The van der Waals surface area contributed by atoms with Gasteiger partial charge in [0.05, 0.1) is 22.9 Å². The first kappa shape index (κ1) is 18.2. The molecule has 1 aromatic carbocycles. The number of nitrogens with one attached hydrogen (secondary N) is 2. The Kier molecular flexibility index (Phi) is 5.74. The minimum atomic E-state index is -0.439. The van der Waals surface area contributed by atoms with Gasteiger partial charge in [0, 0.05) is 12.2 Å². The minimum Gasteiger partial charge on any atom is -0.494 e. The molecule has 136 valence electrons. The van der Waals surface area contributed by atoms with Gasteiger partial charge in [-0.25, -0.2) is 4.98 Å². The van der Waals surface area contributed by atoms with Gasteiger partial charge in [0.1, 0.15) is 5.75 Å². The van der Waals surface area contributed by atoms with E-state index in [9.17, 15) is 14.7 Å². The molecule has 3 aromatic rings. The Balaban J connectivity index is 1.56. The van der Waals surface area contributed by atoms with Gasteiger partial charge < -0.3 is 20.1 Å². The highest BCUT2D eigenvalue weighted by atomic mass is 32.2. The molecule has 0 radical (unpaired) electrons. The third-order valence-corrected chi connectivity index (χ3v) is 5.00. The topological polar surface area (TPSA) is 117 Å². The lowest BCUT2D eigenvalue weighted by Crippen LogP contribution is -2.12. The van der Waals surface area contributed by atoms with Crippen molar-refractivity contribution in [1.29, 1.82) is 0 Å². The average molecular weight is 392 g/mol. The summed E-state index contributed by atoms with van der Waals surface area (Å²) >= 11 is 2.56. The molecule has 0 unspecified atom stereocenters. The monoisotopic (exact) mass is 392 g/mol. The van der Waals surface area contributed by atoms with Gasteiger partial charge in [-0.05, 0) is 25.1 Å². The first-order valence-corrected chi connectivity index (χ1v) is 9.60. The van der Waals surface area contributed by atoms with Crippen molar-refractivity contribution in [3.05, 3.63) is 34.6 Å². The van der Waals surface area contributed by atoms with E-state index in [1.807, 2.05) is 25.1 Å². The molecule has 0 saturated carbocycles.